The van der Waals surface area contributed by atoms with Gasteiger partial charge in [-0.2, -0.15) is 0 Å². The Bertz CT molecular complexity index is 330. The van der Waals surface area contributed by atoms with Crippen molar-refractivity contribution in [3.05, 3.63) is 35.4 Å². The van der Waals surface area contributed by atoms with E-state index in [0.29, 0.717) is 0 Å². The average molecular weight is 218 g/mol. The molecule has 1 rings (SSSR count). The first kappa shape index (κ1) is 12.0. The molecule has 0 aliphatic rings. The summed E-state index contributed by atoms with van der Waals surface area (Å²) in [6, 6.07) is 2.62. The predicted octanol–water partition coefficient (Wildman–Crippen LogP) is 0.741. The van der Waals surface area contributed by atoms with Gasteiger partial charge in [-0.25, -0.2) is 8.78 Å². The summed E-state index contributed by atoms with van der Waals surface area (Å²) in [5, 5.41) is 27.3. The first-order valence-corrected chi connectivity index (χ1v) is 4.48. The van der Waals surface area contributed by atoms with Crippen LogP contribution in [0.15, 0.2) is 18.2 Å². The molecule has 0 aliphatic heterocycles. The number of aliphatic hydroxyl groups is 3. The van der Waals surface area contributed by atoms with E-state index in [-0.39, 0.29) is 18.6 Å². The zero-order valence-electron chi connectivity index (χ0n) is 7.90. The van der Waals surface area contributed by atoms with E-state index < -0.39 is 23.8 Å². The minimum absolute atomic E-state index is 0.100. The highest BCUT2D eigenvalue weighted by Gasteiger charge is 2.21. The maximum atomic E-state index is 13.1. The van der Waals surface area contributed by atoms with Crippen molar-refractivity contribution < 1.29 is 24.1 Å². The number of rotatable bonds is 4. The van der Waals surface area contributed by atoms with E-state index in [1.54, 1.807) is 0 Å². The van der Waals surface area contributed by atoms with Crippen LogP contribution in [0.3, 0.4) is 0 Å². The first-order valence-electron chi connectivity index (χ1n) is 4.48. The van der Waals surface area contributed by atoms with Gasteiger partial charge < -0.3 is 15.3 Å². The molecule has 1 aromatic rings. The van der Waals surface area contributed by atoms with Gasteiger partial charge in [0.1, 0.15) is 17.7 Å². The molecule has 3 nitrogen and oxygen atoms in total. The van der Waals surface area contributed by atoms with Gasteiger partial charge in [0.2, 0.25) is 0 Å². The van der Waals surface area contributed by atoms with Gasteiger partial charge in [-0.3, -0.25) is 0 Å². The fraction of sp³-hybridized carbons (Fsp3) is 0.400. The van der Waals surface area contributed by atoms with Crippen LogP contribution in [0.4, 0.5) is 8.78 Å². The molecule has 3 N–H and O–H groups in total. The molecule has 15 heavy (non-hydrogen) atoms. The molecule has 0 fully saturated rings. The van der Waals surface area contributed by atoms with Gasteiger partial charge in [0.15, 0.2) is 0 Å². The normalized spacial score (nSPS) is 15.0. The Balaban J connectivity index is 2.89. The third kappa shape index (κ3) is 2.95. The molecule has 0 saturated heterocycles. The summed E-state index contributed by atoms with van der Waals surface area (Å²) in [4.78, 5) is 0. The van der Waals surface area contributed by atoms with E-state index in [0.717, 1.165) is 18.2 Å². The van der Waals surface area contributed by atoms with E-state index in [1.807, 2.05) is 0 Å². The minimum Gasteiger partial charge on any atom is -0.396 e. The molecule has 0 radical (unpaired) electrons. The second-order valence-electron chi connectivity index (χ2n) is 3.19. The summed E-state index contributed by atoms with van der Waals surface area (Å²) in [5.74, 6) is -1.48. The Labute approximate surface area is 85.6 Å². The Morgan fingerprint density at radius 3 is 2.47 bits per heavy atom. The molecular weight excluding hydrogens is 206 g/mol. The van der Waals surface area contributed by atoms with Crippen LogP contribution < -0.4 is 0 Å². The number of benzene rings is 1. The Morgan fingerprint density at radius 1 is 1.20 bits per heavy atom. The summed E-state index contributed by atoms with van der Waals surface area (Å²) in [7, 11) is 0. The van der Waals surface area contributed by atoms with Crippen molar-refractivity contribution in [2.24, 2.45) is 0 Å². The second-order valence-corrected chi connectivity index (χ2v) is 3.19. The van der Waals surface area contributed by atoms with Gasteiger partial charge in [0, 0.05) is 12.2 Å². The lowest BCUT2D eigenvalue weighted by Crippen LogP contribution is -2.20. The van der Waals surface area contributed by atoms with Crippen LogP contribution in [0.2, 0.25) is 0 Å². The predicted molar refractivity (Wildman–Crippen MR) is 49.0 cm³/mol. The highest BCUT2D eigenvalue weighted by atomic mass is 19.1. The molecular formula is C10H12F2O3. The van der Waals surface area contributed by atoms with Crippen LogP contribution in [0.25, 0.3) is 0 Å². The van der Waals surface area contributed by atoms with E-state index in [9.17, 15) is 19.0 Å². The van der Waals surface area contributed by atoms with Crippen LogP contribution in [-0.2, 0) is 0 Å². The van der Waals surface area contributed by atoms with Crippen molar-refractivity contribution in [3.63, 3.8) is 0 Å². The molecule has 0 aliphatic carbocycles. The van der Waals surface area contributed by atoms with Crippen molar-refractivity contribution in [3.8, 4) is 0 Å². The summed E-state index contributed by atoms with van der Waals surface area (Å²) in [5.41, 5.74) is -0.309. The number of aliphatic hydroxyl groups excluding tert-OH is 3. The van der Waals surface area contributed by atoms with Gasteiger partial charge in [0.25, 0.3) is 0 Å². The third-order valence-electron chi connectivity index (χ3n) is 2.07. The van der Waals surface area contributed by atoms with Crippen molar-refractivity contribution >= 4 is 0 Å². The SMILES string of the molecule is OCCC(O)C(O)c1cc(F)ccc1F. The largest absolute Gasteiger partial charge is 0.396 e. The van der Waals surface area contributed by atoms with Gasteiger partial charge in [-0.1, -0.05) is 0 Å². The van der Waals surface area contributed by atoms with Crippen LogP contribution >= 0.6 is 0 Å². The quantitative estimate of drug-likeness (QED) is 0.698. The molecule has 2 unspecified atom stereocenters. The zero-order valence-corrected chi connectivity index (χ0v) is 7.90. The maximum absolute atomic E-state index is 13.1. The molecule has 0 spiro atoms. The van der Waals surface area contributed by atoms with E-state index in [2.05, 4.69) is 0 Å². The summed E-state index contributed by atoms with van der Waals surface area (Å²) in [6.45, 7) is -0.338. The van der Waals surface area contributed by atoms with Crippen molar-refractivity contribution in [1.82, 2.24) is 0 Å². The molecule has 0 bridgehead atoms. The lowest BCUT2D eigenvalue weighted by molar-refractivity contribution is 0.00221. The third-order valence-corrected chi connectivity index (χ3v) is 2.07. The summed E-state index contributed by atoms with van der Waals surface area (Å²) in [6.07, 6.45) is -2.95. The topological polar surface area (TPSA) is 60.7 Å². The van der Waals surface area contributed by atoms with E-state index in [1.165, 1.54) is 0 Å². The summed E-state index contributed by atoms with van der Waals surface area (Å²) < 4.78 is 25.9. The van der Waals surface area contributed by atoms with Gasteiger partial charge in [-0.05, 0) is 24.6 Å². The Kier molecular flexibility index (Phi) is 4.14. The molecule has 2 atom stereocenters. The number of halogens is 2. The molecule has 5 heteroatoms. The first-order chi connectivity index (χ1) is 7.06. The van der Waals surface area contributed by atoms with Crippen LogP contribution in [0.1, 0.15) is 18.1 Å². The van der Waals surface area contributed by atoms with Gasteiger partial charge in [0.05, 0.1) is 6.10 Å². The van der Waals surface area contributed by atoms with Gasteiger partial charge in [-0.15, -0.1) is 0 Å². The Hall–Kier alpha value is -1.04. The lowest BCUT2D eigenvalue weighted by atomic mass is 10.0. The minimum atomic E-state index is -1.53. The zero-order chi connectivity index (χ0) is 11.4. The molecule has 0 saturated carbocycles. The molecule has 0 amide bonds. The summed E-state index contributed by atoms with van der Waals surface area (Å²) >= 11 is 0. The highest BCUT2D eigenvalue weighted by Crippen LogP contribution is 2.22. The van der Waals surface area contributed by atoms with E-state index >= 15 is 0 Å². The fourth-order valence-corrected chi connectivity index (χ4v) is 1.24. The molecule has 1 aromatic carbocycles. The monoisotopic (exact) mass is 218 g/mol. The molecule has 0 aromatic heterocycles. The Morgan fingerprint density at radius 2 is 1.87 bits per heavy atom. The van der Waals surface area contributed by atoms with Crippen LogP contribution in [0, 0.1) is 11.6 Å². The maximum Gasteiger partial charge on any atom is 0.129 e. The van der Waals surface area contributed by atoms with Gasteiger partial charge >= 0.3 is 0 Å². The second kappa shape index (κ2) is 5.16. The highest BCUT2D eigenvalue weighted by molar-refractivity contribution is 5.21. The van der Waals surface area contributed by atoms with Crippen molar-refractivity contribution in [2.75, 3.05) is 6.61 Å². The standard InChI is InChI=1S/C10H12F2O3/c11-6-1-2-8(12)7(5-6)10(15)9(14)3-4-13/h1-2,5,9-10,13-15H,3-4H2. The van der Waals surface area contributed by atoms with E-state index in [4.69, 9.17) is 5.11 Å². The number of hydrogen-bond donors (Lipinski definition) is 3. The van der Waals surface area contributed by atoms with Crippen molar-refractivity contribution in [1.29, 1.82) is 0 Å². The lowest BCUT2D eigenvalue weighted by Gasteiger charge is -2.17. The fourth-order valence-electron chi connectivity index (χ4n) is 1.24. The van der Waals surface area contributed by atoms with Crippen LogP contribution in [0.5, 0.6) is 0 Å². The van der Waals surface area contributed by atoms with Crippen molar-refractivity contribution in [2.45, 2.75) is 18.6 Å². The molecule has 0 heterocycles. The van der Waals surface area contributed by atoms with Crippen LogP contribution in [-0.4, -0.2) is 28.0 Å². The number of hydrogen-bond acceptors (Lipinski definition) is 3. The molecule has 84 valence electrons. The smallest absolute Gasteiger partial charge is 0.129 e. The average Bonchev–Trinajstić information content (AvgIpc) is 2.21.